The van der Waals surface area contributed by atoms with Gasteiger partial charge in [-0.3, -0.25) is 19.5 Å². The van der Waals surface area contributed by atoms with Gasteiger partial charge in [-0.1, -0.05) is 6.07 Å². The number of ether oxygens (including phenoxy) is 1. The quantitative estimate of drug-likeness (QED) is 0.677. The van der Waals surface area contributed by atoms with Gasteiger partial charge in [-0.05, 0) is 24.3 Å². The third-order valence-electron chi connectivity index (χ3n) is 4.30. The average Bonchev–Trinajstić information content (AvgIpc) is 2.69. The standard InChI is InChI=1S/C20H25N5O3/c1-15(26)23-17-3-2-4-18(12-17)24-20(27)16-11-19(14-21-13-16)22-5-6-25-7-9-28-10-8-25/h2-4,11-14,22H,5-10H2,1H3,(H,23,26)(H,24,27). The summed E-state index contributed by atoms with van der Waals surface area (Å²) < 4.78 is 5.34. The monoisotopic (exact) mass is 383 g/mol. The van der Waals surface area contributed by atoms with Crippen LogP contribution in [-0.2, 0) is 9.53 Å². The highest BCUT2D eigenvalue weighted by Gasteiger charge is 2.11. The minimum absolute atomic E-state index is 0.163. The van der Waals surface area contributed by atoms with Gasteiger partial charge >= 0.3 is 0 Å². The lowest BCUT2D eigenvalue weighted by Gasteiger charge is -2.26. The van der Waals surface area contributed by atoms with Crippen molar-refractivity contribution in [3.05, 3.63) is 48.3 Å². The number of nitrogens with zero attached hydrogens (tertiary/aromatic N) is 2. The van der Waals surface area contributed by atoms with Crippen LogP contribution in [0, 0.1) is 0 Å². The van der Waals surface area contributed by atoms with E-state index in [1.165, 1.54) is 13.1 Å². The molecule has 8 nitrogen and oxygen atoms in total. The average molecular weight is 383 g/mol. The normalized spacial score (nSPS) is 14.3. The molecule has 0 unspecified atom stereocenters. The number of aromatic nitrogens is 1. The summed E-state index contributed by atoms with van der Waals surface area (Å²) in [5, 5.41) is 8.83. The van der Waals surface area contributed by atoms with E-state index >= 15 is 0 Å². The maximum absolute atomic E-state index is 12.5. The van der Waals surface area contributed by atoms with E-state index in [-0.39, 0.29) is 11.8 Å². The predicted molar refractivity (Wildman–Crippen MR) is 109 cm³/mol. The van der Waals surface area contributed by atoms with Gasteiger partial charge in [0, 0.05) is 56.9 Å². The lowest BCUT2D eigenvalue weighted by molar-refractivity contribution is -0.114. The van der Waals surface area contributed by atoms with Crippen LogP contribution in [0.25, 0.3) is 0 Å². The molecule has 1 saturated heterocycles. The van der Waals surface area contributed by atoms with Crippen molar-refractivity contribution in [2.45, 2.75) is 6.92 Å². The number of benzene rings is 1. The number of nitrogens with one attached hydrogen (secondary N) is 3. The maximum Gasteiger partial charge on any atom is 0.257 e. The van der Waals surface area contributed by atoms with Gasteiger partial charge in [0.05, 0.1) is 24.5 Å². The van der Waals surface area contributed by atoms with Crippen LogP contribution in [0.5, 0.6) is 0 Å². The first-order valence-corrected chi connectivity index (χ1v) is 9.28. The van der Waals surface area contributed by atoms with Crippen molar-refractivity contribution in [2.24, 2.45) is 0 Å². The molecule has 2 amide bonds. The van der Waals surface area contributed by atoms with Crippen molar-refractivity contribution in [3.63, 3.8) is 0 Å². The summed E-state index contributed by atoms with van der Waals surface area (Å²) in [6.45, 7) is 6.57. The molecule has 28 heavy (non-hydrogen) atoms. The van der Waals surface area contributed by atoms with Crippen LogP contribution in [0.15, 0.2) is 42.7 Å². The molecule has 0 bridgehead atoms. The van der Waals surface area contributed by atoms with Gasteiger partial charge in [-0.15, -0.1) is 0 Å². The molecule has 3 N–H and O–H groups in total. The zero-order chi connectivity index (χ0) is 19.8. The van der Waals surface area contributed by atoms with Gasteiger partial charge in [0.25, 0.3) is 5.91 Å². The molecule has 0 aliphatic carbocycles. The number of hydrogen-bond acceptors (Lipinski definition) is 6. The van der Waals surface area contributed by atoms with E-state index in [2.05, 4.69) is 25.8 Å². The van der Waals surface area contributed by atoms with Gasteiger partial charge in [0.1, 0.15) is 0 Å². The van der Waals surface area contributed by atoms with Crippen molar-refractivity contribution in [1.82, 2.24) is 9.88 Å². The number of pyridine rings is 1. The summed E-state index contributed by atoms with van der Waals surface area (Å²) in [7, 11) is 0. The molecule has 148 valence electrons. The Morgan fingerprint density at radius 1 is 1.07 bits per heavy atom. The molecule has 2 heterocycles. The zero-order valence-electron chi connectivity index (χ0n) is 15.9. The highest BCUT2D eigenvalue weighted by Crippen LogP contribution is 2.17. The molecule has 1 fully saturated rings. The molecule has 1 aliphatic heterocycles. The Kier molecular flexibility index (Phi) is 6.94. The summed E-state index contributed by atoms with van der Waals surface area (Å²) >= 11 is 0. The third-order valence-corrected chi connectivity index (χ3v) is 4.30. The van der Waals surface area contributed by atoms with E-state index in [1.54, 1.807) is 36.5 Å². The molecule has 1 aromatic carbocycles. The summed E-state index contributed by atoms with van der Waals surface area (Å²) in [6, 6.07) is 8.78. The second-order valence-electron chi connectivity index (χ2n) is 6.56. The fourth-order valence-electron chi connectivity index (χ4n) is 2.93. The smallest absolute Gasteiger partial charge is 0.257 e. The lowest BCUT2D eigenvalue weighted by Crippen LogP contribution is -2.39. The first-order valence-electron chi connectivity index (χ1n) is 9.28. The topological polar surface area (TPSA) is 95.6 Å². The van der Waals surface area contributed by atoms with Crippen molar-refractivity contribution in [1.29, 1.82) is 0 Å². The molecule has 2 aromatic rings. The van der Waals surface area contributed by atoms with Crippen molar-refractivity contribution in [2.75, 3.05) is 55.3 Å². The lowest BCUT2D eigenvalue weighted by atomic mass is 10.2. The van der Waals surface area contributed by atoms with E-state index in [1.807, 2.05) is 0 Å². The summed E-state index contributed by atoms with van der Waals surface area (Å²) in [6.07, 6.45) is 3.23. The highest BCUT2D eigenvalue weighted by atomic mass is 16.5. The number of amides is 2. The molecule has 1 aromatic heterocycles. The third kappa shape index (κ3) is 6.04. The zero-order valence-corrected chi connectivity index (χ0v) is 15.9. The van der Waals surface area contributed by atoms with Crippen LogP contribution in [0.1, 0.15) is 17.3 Å². The first-order chi connectivity index (χ1) is 13.6. The Balaban J connectivity index is 1.55. The molecule has 0 radical (unpaired) electrons. The largest absolute Gasteiger partial charge is 0.382 e. The molecular weight excluding hydrogens is 358 g/mol. The van der Waals surface area contributed by atoms with Gasteiger partial charge in [-0.25, -0.2) is 0 Å². The number of rotatable bonds is 7. The van der Waals surface area contributed by atoms with Gasteiger partial charge in [0.15, 0.2) is 0 Å². The number of hydrogen-bond donors (Lipinski definition) is 3. The van der Waals surface area contributed by atoms with Crippen LogP contribution in [0.4, 0.5) is 17.1 Å². The fraction of sp³-hybridized carbons (Fsp3) is 0.350. The van der Waals surface area contributed by atoms with Crippen molar-refractivity contribution < 1.29 is 14.3 Å². The Morgan fingerprint density at radius 2 is 1.82 bits per heavy atom. The van der Waals surface area contributed by atoms with Crippen LogP contribution in [0.3, 0.4) is 0 Å². The van der Waals surface area contributed by atoms with E-state index in [0.29, 0.717) is 16.9 Å². The first kappa shape index (κ1) is 19.8. The van der Waals surface area contributed by atoms with Crippen molar-refractivity contribution in [3.8, 4) is 0 Å². The molecular formula is C20H25N5O3. The van der Waals surface area contributed by atoms with E-state index in [4.69, 9.17) is 4.74 Å². The molecule has 1 aliphatic rings. The highest BCUT2D eigenvalue weighted by molar-refractivity contribution is 6.05. The van der Waals surface area contributed by atoms with Crippen LogP contribution in [-0.4, -0.2) is 61.1 Å². The number of carbonyl (C=O) groups excluding carboxylic acids is 2. The second-order valence-corrected chi connectivity index (χ2v) is 6.56. The van der Waals surface area contributed by atoms with Crippen LogP contribution >= 0.6 is 0 Å². The number of morpholine rings is 1. The Hall–Kier alpha value is -2.97. The molecule has 0 spiro atoms. The maximum atomic E-state index is 12.5. The minimum atomic E-state index is -0.260. The van der Waals surface area contributed by atoms with E-state index in [0.717, 1.165) is 45.1 Å². The Labute approximate surface area is 164 Å². The van der Waals surface area contributed by atoms with Gasteiger partial charge in [-0.2, -0.15) is 0 Å². The molecule has 0 saturated carbocycles. The predicted octanol–water partition coefficient (Wildman–Crippen LogP) is 2.04. The molecule has 8 heteroatoms. The van der Waals surface area contributed by atoms with Gasteiger partial charge in [0.2, 0.25) is 5.91 Å². The SMILES string of the molecule is CC(=O)Nc1cccc(NC(=O)c2cncc(NCCN3CCOCC3)c2)c1. The summed E-state index contributed by atoms with van der Waals surface area (Å²) in [5.41, 5.74) is 2.48. The molecule has 0 atom stereocenters. The number of carbonyl (C=O) groups is 2. The Bertz CT molecular complexity index is 821. The second kappa shape index (κ2) is 9.82. The fourth-order valence-corrected chi connectivity index (χ4v) is 2.93. The van der Waals surface area contributed by atoms with Crippen LogP contribution < -0.4 is 16.0 Å². The summed E-state index contributed by atoms with van der Waals surface area (Å²) in [4.78, 5) is 30.2. The molecule has 3 rings (SSSR count). The van der Waals surface area contributed by atoms with E-state index in [9.17, 15) is 9.59 Å². The Morgan fingerprint density at radius 3 is 2.57 bits per heavy atom. The van der Waals surface area contributed by atoms with Gasteiger partial charge < -0.3 is 20.7 Å². The summed E-state index contributed by atoms with van der Waals surface area (Å²) in [5.74, 6) is -0.423. The number of anilines is 3. The van der Waals surface area contributed by atoms with E-state index < -0.39 is 0 Å². The minimum Gasteiger partial charge on any atom is -0.382 e. The van der Waals surface area contributed by atoms with Crippen LogP contribution in [0.2, 0.25) is 0 Å². The van der Waals surface area contributed by atoms with Crippen molar-refractivity contribution >= 4 is 28.9 Å².